The Morgan fingerprint density at radius 2 is 2.00 bits per heavy atom. The van der Waals surface area contributed by atoms with E-state index in [-0.39, 0.29) is 12.3 Å². The van der Waals surface area contributed by atoms with Gasteiger partial charge in [0.1, 0.15) is 17.6 Å². The number of pyridine rings is 1. The molecule has 0 amide bonds. The number of aromatic nitrogens is 6. The second kappa shape index (κ2) is 6.57. The van der Waals surface area contributed by atoms with Crippen LogP contribution in [0.15, 0.2) is 42.5 Å². The summed E-state index contributed by atoms with van der Waals surface area (Å²) >= 11 is 5.84. The van der Waals surface area contributed by atoms with Gasteiger partial charge in [0.15, 0.2) is 11.3 Å². The number of halogens is 1. The van der Waals surface area contributed by atoms with Crippen LogP contribution in [0.2, 0.25) is 5.15 Å². The number of imidazole rings is 1. The van der Waals surface area contributed by atoms with Crippen molar-refractivity contribution < 1.29 is 9.53 Å². The number of rotatable bonds is 4. The lowest BCUT2D eigenvalue weighted by Crippen LogP contribution is -2.09. The molecule has 26 heavy (non-hydrogen) atoms. The lowest BCUT2D eigenvalue weighted by Gasteiger charge is -2.03. The molecule has 0 bridgehead atoms. The third-order valence-electron chi connectivity index (χ3n) is 3.79. The van der Waals surface area contributed by atoms with Crippen molar-refractivity contribution >= 4 is 28.7 Å². The highest BCUT2D eigenvalue weighted by Crippen LogP contribution is 2.15. The third-order valence-corrected chi connectivity index (χ3v) is 4.00. The lowest BCUT2D eigenvalue weighted by atomic mass is 10.3. The summed E-state index contributed by atoms with van der Waals surface area (Å²) in [6, 6.07) is 12.8. The first-order valence-corrected chi connectivity index (χ1v) is 8.15. The van der Waals surface area contributed by atoms with Crippen molar-refractivity contribution in [2.75, 3.05) is 0 Å². The zero-order valence-electron chi connectivity index (χ0n) is 13.7. The van der Waals surface area contributed by atoms with Crippen LogP contribution in [-0.2, 0) is 11.3 Å². The number of benzene rings is 1. The Morgan fingerprint density at radius 1 is 1.19 bits per heavy atom. The molecular weight excluding hydrogens is 356 g/mol. The molecule has 0 saturated carbocycles. The SMILES string of the molecule is Cc1c(C(=O)OCc2nc3nc(Cl)ccc3[nH]2)nnn1-c1ccccc1. The Hall–Kier alpha value is -3.26. The zero-order valence-corrected chi connectivity index (χ0v) is 14.4. The molecule has 0 fully saturated rings. The van der Waals surface area contributed by atoms with E-state index in [9.17, 15) is 4.79 Å². The number of aromatic amines is 1. The van der Waals surface area contributed by atoms with E-state index in [4.69, 9.17) is 16.3 Å². The van der Waals surface area contributed by atoms with Crippen molar-refractivity contribution in [1.82, 2.24) is 29.9 Å². The molecule has 0 atom stereocenters. The lowest BCUT2D eigenvalue weighted by molar-refractivity contribution is 0.0455. The molecule has 1 N–H and O–H groups in total. The van der Waals surface area contributed by atoms with Crippen LogP contribution < -0.4 is 0 Å². The van der Waals surface area contributed by atoms with Crippen LogP contribution in [0.3, 0.4) is 0 Å². The summed E-state index contributed by atoms with van der Waals surface area (Å²) in [5.74, 6) is -0.104. The molecule has 4 aromatic rings. The summed E-state index contributed by atoms with van der Waals surface area (Å²) in [6.07, 6.45) is 0. The Labute approximate surface area is 152 Å². The predicted octanol–water partition coefficient (Wildman–Crippen LogP) is 2.86. The van der Waals surface area contributed by atoms with Crippen molar-refractivity contribution in [3.05, 3.63) is 64.8 Å². The van der Waals surface area contributed by atoms with Gasteiger partial charge in [0.05, 0.1) is 16.9 Å². The van der Waals surface area contributed by atoms with Gasteiger partial charge in [0, 0.05) is 0 Å². The van der Waals surface area contributed by atoms with E-state index in [0.717, 1.165) is 5.69 Å². The van der Waals surface area contributed by atoms with Gasteiger partial charge >= 0.3 is 5.97 Å². The second-order valence-electron chi connectivity index (χ2n) is 5.54. The van der Waals surface area contributed by atoms with E-state index in [0.29, 0.717) is 27.8 Å². The van der Waals surface area contributed by atoms with Crippen molar-refractivity contribution in [2.24, 2.45) is 0 Å². The van der Waals surface area contributed by atoms with E-state index in [1.807, 2.05) is 30.3 Å². The molecule has 3 heterocycles. The number of fused-ring (bicyclic) bond motifs is 1. The molecule has 0 saturated heterocycles. The van der Waals surface area contributed by atoms with Crippen LogP contribution >= 0.6 is 11.6 Å². The fourth-order valence-electron chi connectivity index (χ4n) is 2.52. The zero-order chi connectivity index (χ0) is 18.1. The fraction of sp³-hybridized carbons (Fsp3) is 0.118. The van der Waals surface area contributed by atoms with Crippen LogP contribution in [0, 0.1) is 6.92 Å². The number of carbonyl (C=O) groups excluding carboxylic acids is 1. The number of hydrogen-bond donors (Lipinski definition) is 1. The normalized spacial score (nSPS) is 11.0. The molecule has 0 aliphatic carbocycles. The van der Waals surface area contributed by atoms with E-state index in [2.05, 4.69) is 25.3 Å². The van der Waals surface area contributed by atoms with Crippen LogP contribution in [0.4, 0.5) is 0 Å². The Kier molecular flexibility index (Phi) is 4.10. The van der Waals surface area contributed by atoms with Gasteiger partial charge in [-0.1, -0.05) is 35.0 Å². The molecule has 0 aliphatic rings. The Bertz CT molecular complexity index is 1090. The average Bonchev–Trinajstić information content (AvgIpc) is 3.23. The number of para-hydroxylation sites is 1. The summed E-state index contributed by atoms with van der Waals surface area (Å²) < 4.78 is 6.88. The molecule has 0 radical (unpaired) electrons. The van der Waals surface area contributed by atoms with Crippen molar-refractivity contribution in [1.29, 1.82) is 0 Å². The van der Waals surface area contributed by atoms with Gasteiger partial charge in [-0.25, -0.2) is 19.4 Å². The van der Waals surface area contributed by atoms with E-state index in [1.54, 1.807) is 23.7 Å². The van der Waals surface area contributed by atoms with Crippen LogP contribution in [0.1, 0.15) is 22.0 Å². The van der Waals surface area contributed by atoms with Gasteiger partial charge in [-0.2, -0.15) is 0 Å². The molecule has 0 aliphatic heterocycles. The number of carbonyl (C=O) groups is 1. The number of nitrogens with zero attached hydrogens (tertiary/aromatic N) is 5. The number of nitrogens with one attached hydrogen (secondary N) is 1. The minimum Gasteiger partial charge on any atom is -0.453 e. The number of hydrogen-bond acceptors (Lipinski definition) is 6. The molecular formula is C17H13ClN6O2. The van der Waals surface area contributed by atoms with Crippen LogP contribution in [-0.4, -0.2) is 35.9 Å². The van der Waals surface area contributed by atoms with Gasteiger partial charge in [-0.15, -0.1) is 5.10 Å². The summed E-state index contributed by atoms with van der Waals surface area (Å²) in [5.41, 5.74) is 2.75. The predicted molar refractivity (Wildman–Crippen MR) is 94.1 cm³/mol. The minimum absolute atomic E-state index is 0.0373. The second-order valence-corrected chi connectivity index (χ2v) is 5.92. The van der Waals surface area contributed by atoms with Crippen LogP contribution in [0.25, 0.3) is 16.9 Å². The topological polar surface area (TPSA) is 98.6 Å². The quantitative estimate of drug-likeness (QED) is 0.439. The van der Waals surface area contributed by atoms with Crippen molar-refractivity contribution in [3.63, 3.8) is 0 Å². The number of H-pyrrole nitrogens is 1. The number of esters is 1. The first-order valence-electron chi connectivity index (χ1n) is 7.78. The standard InChI is InChI=1S/C17H13ClN6O2/c1-10-15(22-23-24(10)11-5-3-2-4-6-11)17(25)26-9-14-19-12-7-8-13(18)20-16(12)21-14/h2-8H,9H2,1H3,(H,19,20,21). The largest absolute Gasteiger partial charge is 0.453 e. The maximum atomic E-state index is 12.3. The molecule has 3 aromatic heterocycles. The van der Waals surface area contributed by atoms with Crippen molar-refractivity contribution in [2.45, 2.75) is 13.5 Å². The summed E-state index contributed by atoms with van der Waals surface area (Å²) in [4.78, 5) is 23.7. The molecule has 4 rings (SSSR count). The first kappa shape index (κ1) is 16.2. The summed E-state index contributed by atoms with van der Waals surface area (Å²) in [6.45, 7) is 1.72. The molecule has 130 valence electrons. The van der Waals surface area contributed by atoms with Gasteiger partial charge in [0.25, 0.3) is 0 Å². The summed E-state index contributed by atoms with van der Waals surface area (Å²) in [7, 11) is 0. The molecule has 0 spiro atoms. The van der Waals surface area contributed by atoms with E-state index < -0.39 is 5.97 Å². The van der Waals surface area contributed by atoms with Gasteiger partial charge in [-0.3, -0.25) is 0 Å². The van der Waals surface area contributed by atoms with Crippen molar-refractivity contribution in [3.8, 4) is 5.69 Å². The summed E-state index contributed by atoms with van der Waals surface area (Å²) in [5, 5.41) is 8.31. The van der Waals surface area contributed by atoms with Gasteiger partial charge < -0.3 is 9.72 Å². The molecule has 8 nitrogen and oxygen atoms in total. The Morgan fingerprint density at radius 3 is 2.81 bits per heavy atom. The fourth-order valence-corrected chi connectivity index (χ4v) is 2.67. The Balaban J connectivity index is 1.50. The highest BCUT2D eigenvalue weighted by molar-refractivity contribution is 6.29. The molecule has 9 heteroatoms. The smallest absolute Gasteiger partial charge is 0.361 e. The van der Waals surface area contributed by atoms with E-state index >= 15 is 0 Å². The monoisotopic (exact) mass is 368 g/mol. The highest BCUT2D eigenvalue weighted by Gasteiger charge is 2.19. The van der Waals surface area contributed by atoms with Gasteiger partial charge in [0.2, 0.25) is 0 Å². The number of ether oxygens (including phenoxy) is 1. The maximum absolute atomic E-state index is 12.3. The molecule has 0 unspecified atom stereocenters. The minimum atomic E-state index is -0.573. The average molecular weight is 369 g/mol. The van der Waals surface area contributed by atoms with Crippen LogP contribution in [0.5, 0.6) is 0 Å². The van der Waals surface area contributed by atoms with E-state index in [1.165, 1.54) is 0 Å². The van der Waals surface area contributed by atoms with Gasteiger partial charge in [-0.05, 0) is 31.2 Å². The highest BCUT2D eigenvalue weighted by atomic mass is 35.5. The maximum Gasteiger partial charge on any atom is 0.361 e. The first-order chi connectivity index (χ1) is 12.6. The molecule has 1 aromatic carbocycles. The third kappa shape index (κ3) is 3.02.